The number of benzene rings is 4. The molecule has 6 rings (SSSR count). The highest BCUT2D eigenvalue weighted by Crippen LogP contribution is 2.37. The number of para-hydroxylation sites is 1. The Morgan fingerprint density at radius 2 is 1.80 bits per heavy atom. The monoisotopic (exact) mass is 682 g/mol. The molecule has 1 aromatic heterocycles. The van der Waals surface area contributed by atoms with Crippen LogP contribution < -0.4 is 9.47 Å². The summed E-state index contributed by atoms with van der Waals surface area (Å²) in [6.45, 7) is 0.787. The first kappa shape index (κ1) is 30.2. The second kappa shape index (κ2) is 13.4. The highest BCUT2D eigenvalue weighted by Gasteiger charge is 2.33. The van der Waals surface area contributed by atoms with E-state index in [1.54, 1.807) is 24.1 Å². The van der Waals surface area contributed by atoms with Crippen LogP contribution in [-0.4, -0.2) is 39.5 Å². The molecule has 11 heteroatoms. The van der Waals surface area contributed by atoms with Gasteiger partial charge in [-0.2, -0.15) is 0 Å². The van der Waals surface area contributed by atoms with E-state index < -0.39 is 4.92 Å². The van der Waals surface area contributed by atoms with Crippen LogP contribution in [0.4, 0.5) is 11.4 Å². The van der Waals surface area contributed by atoms with Crippen molar-refractivity contribution in [2.75, 3.05) is 13.7 Å². The Bertz CT molecular complexity index is 1940. The molecule has 1 aliphatic rings. The maximum Gasteiger partial charge on any atom is 0.269 e. The molecule has 45 heavy (non-hydrogen) atoms. The zero-order chi connectivity index (χ0) is 31.3. The standard InChI is InChI=1S/C34H27BrN4O5S/c1-43-31-18-23(8-15-30(31)44-21-22-6-9-25(35)10-7-22)19-32-33(40)38(17-16-24-20-36-29-5-3-2-4-28(24)29)34(45-32)37-26-11-13-27(14-12-26)39(41)42/h2-15,18-20,36H,16-17,21H2,1H3/b32-19-,37-34?. The molecule has 0 spiro atoms. The number of methoxy groups -OCH3 is 1. The SMILES string of the molecule is COc1cc(/C=C2\SC(=Nc3ccc([N+](=O)[O-])cc3)N(CCc3c[nH]c4ccccc34)C2=O)ccc1OCc1ccc(Br)cc1. The number of nitrogens with one attached hydrogen (secondary N) is 1. The number of thioether (sulfide) groups is 1. The molecule has 1 aliphatic heterocycles. The largest absolute Gasteiger partial charge is 0.493 e. The lowest BCUT2D eigenvalue weighted by atomic mass is 10.1. The van der Waals surface area contributed by atoms with Gasteiger partial charge in [0.15, 0.2) is 16.7 Å². The number of nitro benzene ring substituents is 1. The quantitative estimate of drug-likeness (QED) is 0.0902. The number of carbonyl (C=O) groups is 1. The summed E-state index contributed by atoms with van der Waals surface area (Å²) in [5.74, 6) is 0.969. The second-order valence-electron chi connectivity index (χ2n) is 10.2. The first-order chi connectivity index (χ1) is 21.9. The molecule has 0 atom stereocenters. The van der Waals surface area contributed by atoms with Crippen LogP contribution in [0.1, 0.15) is 16.7 Å². The average molecular weight is 684 g/mol. The van der Waals surface area contributed by atoms with Crippen LogP contribution in [0.5, 0.6) is 11.5 Å². The van der Waals surface area contributed by atoms with Crippen LogP contribution in [-0.2, 0) is 17.8 Å². The minimum atomic E-state index is -0.454. The highest BCUT2D eigenvalue weighted by molar-refractivity contribution is 9.10. The summed E-state index contributed by atoms with van der Waals surface area (Å²) in [4.78, 5) is 34.6. The van der Waals surface area contributed by atoms with Gasteiger partial charge in [-0.05, 0) is 83.4 Å². The summed E-state index contributed by atoms with van der Waals surface area (Å²) < 4.78 is 12.6. The summed E-state index contributed by atoms with van der Waals surface area (Å²) in [5, 5.41) is 12.7. The number of hydrogen-bond donors (Lipinski definition) is 1. The van der Waals surface area contributed by atoms with E-state index in [0.29, 0.717) is 46.8 Å². The first-order valence-electron chi connectivity index (χ1n) is 14.0. The maximum atomic E-state index is 13.8. The zero-order valence-corrected chi connectivity index (χ0v) is 26.5. The fourth-order valence-corrected chi connectivity index (χ4v) is 6.19. The lowest BCUT2D eigenvalue weighted by molar-refractivity contribution is -0.384. The van der Waals surface area contributed by atoms with Crippen molar-refractivity contribution in [1.29, 1.82) is 0 Å². The number of nitro groups is 1. The van der Waals surface area contributed by atoms with E-state index >= 15 is 0 Å². The summed E-state index contributed by atoms with van der Waals surface area (Å²) in [7, 11) is 1.58. The first-order valence-corrected chi connectivity index (χ1v) is 15.6. The van der Waals surface area contributed by atoms with Gasteiger partial charge in [0.1, 0.15) is 6.61 Å². The van der Waals surface area contributed by atoms with Gasteiger partial charge in [-0.15, -0.1) is 0 Å². The van der Waals surface area contributed by atoms with Gasteiger partial charge in [0.25, 0.3) is 11.6 Å². The summed E-state index contributed by atoms with van der Waals surface area (Å²) in [5.41, 5.74) is 4.42. The molecule has 0 unspecified atom stereocenters. The van der Waals surface area contributed by atoms with Gasteiger partial charge in [0, 0.05) is 40.2 Å². The Kier molecular flexibility index (Phi) is 8.99. The van der Waals surface area contributed by atoms with Gasteiger partial charge in [0.2, 0.25) is 0 Å². The van der Waals surface area contributed by atoms with Crippen LogP contribution in [0.15, 0.2) is 112 Å². The smallest absolute Gasteiger partial charge is 0.269 e. The predicted molar refractivity (Wildman–Crippen MR) is 181 cm³/mol. The number of amides is 1. The van der Waals surface area contributed by atoms with Gasteiger partial charge in [0.05, 0.1) is 22.6 Å². The Hall–Kier alpha value is -4.87. The number of amidine groups is 1. The third-order valence-corrected chi connectivity index (χ3v) is 8.78. The topological polar surface area (TPSA) is 110 Å². The van der Waals surface area contributed by atoms with Crippen molar-refractivity contribution in [3.05, 3.63) is 133 Å². The lowest BCUT2D eigenvalue weighted by Gasteiger charge is -2.15. The number of fused-ring (bicyclic) bond motifs is 1. The van der Waals surface area contributed by atoms with Crippen LogP contribution in [0.3, 0.4) is 0 Å². The molecule has 0 radical (unpaired) electrons. The molecule has 4 aromatic carbocycles. The molecule has 9 nitrogen and oxygen atoms in total. The Balaban J connectivity index is 1.26. The summed E-state index contributed by atoms with van der Waals surface area (Å²) >= 11 is 4.71. The fourth-order valence-electron chi connectivity index (χ4n) is 4.90. The van der Waals surface area contributed by atoms with Crippen molar-refractivity contribution in [3.63, 3.8) is 0 Å². The zero-order valence-electron chi connectivity index (χ0n) is 24.1. The van der Waals surface area contributed by atoms with Gasteiger partial charge < -0.3 is 14.5 Å². The predicted octanol–water partition coefficient (Wildman–Crippen LogP) is 8.27. The van der Waals surface area contributed by atoms with Crippen molar-refractivity contribution in [2.45, 2.75) is 13.0 Å². The van der Waals surface area contributed by atoms with Crippen LogP contribution >= 0.6 is 27.7 Å². The minimum Gasteiger partial charge on any atom is -0.493 e. The molecule has 1 fully saturated rings. The van der Waals surface area contributed by atoms with Gasteiger partial charge in [-0.25, -0.2) is 4.99 Å². The van der Waals surface area contributed by atoms with E-state index in [-0.39, 0.29) is 11.6 Å². The van der Waals surface area contributed by atoms with E-state index in [1.807, 2.05) is 72.9 Å². The lowest BCUT2D eigenvalue weighted by Crippen LogP contribution is -2.31. The molecular weight excluding hydrogens is 656 g/mol. The average Bonchev–Trinajstić information content (AvgIpc) is 3.59. The van der Waals surface area contributed by atoms with Crippen LogP contribution in [0.2, 0.25) is 0 Å². The number of carbonyl (C=O) groups excluding carboxylic acids is 1. The number of aromatic nitrogens is 1. The number of non-ortho nitro benzene ring substituents is 1. The number of rotatable bonds is 10. The van der Waals surface area contributed by atoms with Crippen LogP contribution in [0, 0.1) is 10.1 Å². The third kappa shape index (κ3) is 6.95. The number of hydrogen-bond acceptors (Lipinski definition) is 7. The molecule has 0 bridgehead atoms. The molecule has 0 aliphatic carbocycles. The second-order valence-corrected chi connectivity index (χ2v) is 12.1. The molecule has 1 amide bonds. The van der Waals surface area contributed by atoms with Gasteiger partial charge in [-0.1, -0.05) is 52.3 Å². The molecule has 226 valence electrons. The Labute approximate surface area is 271 Å². The van der Waals surface area contributed by atoms with E-state index in [0.717, 1.165) is 32.1 Å². The minimum absolute atomic E-state index is 0.0240. The van der Waals surface area contributed by atoms with Gasteiger partial charge in [-0.3, -0.25) is 19.8 Å². The molecule has 1 N–H and O–H groups in total. The molecular formula is C34H27BrN4O5S. The summed E-state index contributed by atoms with van der Waals surface area (Å²) in [6.07, 6.45) is 4.39. The van der Waals surface area contributed by atoms with Crippen molar-refractivity contribution >= 4 is 67.1 Å². The molecule has 1 saturated heterocycles. The van der Waals surface area contributed by atoms with Crippen molar-refractivity contribution in [3.8, 4) is 11.5 Å². The maximum absolute atomic E-state index is 13.8. The number of nitrogens with zero attached hydrogens (tertiary/aromatic N) is 3. The van der Waals surface area contributed by atoms with E-state index in [9.17, 15) is 14.9 Å². The van der Waals surface area contributed by atoms with Crippen molar-refractivity contribution in [2.24, 2.45) is 4.99 Å². The van der Waals surface area contributed by atoms with Crippen molar-refractivity contribution in [1.82, 2.24) is 9.88 Å². The Morgan fingerprint density at radius 1 is 1.02 bits per heavy atom. The number of halogens is 1. The molecule has 0 saturated carbocycles. The van der Waals surface area contributed by atoms with E-state index in [1.165, 1.54) is 23.9 Å². The fraction of sp³-hybridized carbons (Fsp3) is 0.118. The number of ether oxygens (including phenoxy) is 2. The Morgan fingerprint density at radius 3 is 2.56 bits per heavy atom. The molecule has 2 heterocycles. The summed E-state index contributed by atoms with van der Waals surface area (Å²) in [6, 6.07) is 27.4. The highest BCUT2D eigenvalue weighted by atomic mass is 79.9. The van der Waals surface area contributed by atoms with E-state index in [4.69, 9.17) is 14.5 Å². The van der Waals surface area contributed by atoms with Crippen molar-refractivity contribution < 1.29 is 19.2 Å². The molecule has 5 aromatic rings. The number of aliphatic imine (C=N–C) groups is 1. The third-order valence-electron chi connectivity index (χ3n) is 7.25. The normalized spacial score (nSPS) is 14.9. The van der Waals surface area contributed by atoms with Gasteiger partial charge >= 0.3 is 0 Å². The van der Waals surface area contributed by atoms with E-state index in [2.05, 4.69) is 27.0 Å². The number of aromatic amines is 1. The van der Waals surface area contributed by atoms with Crippen LogP contribution in [0.25, 0.3) is 17.0 Å². The number of H-pyrrole nitrogens is 1.